The molecule has 0 spiro atoms. The Hall–Kier alpha value is -1.25. The van der Waals surface area contributed by atoms with Crippen LogP contribution in [0.15, 0.2) is 29.2 Å². The largest absolute Gasteiger partial charge is 0.548 e. The molecule has 0 saturated heterocycles. The molecule has 1 rings (SSSR count). The molecule has 0 aliphatic rings. The van der Waals surface area contributed by atoms with E-state index in [0.717, 1.165) is 0 Å². The minimum Gasteiger partial charge on any atom is -0.548 e. The average Bonchev–Trinajstić information content (AvgIpc) is 2.43. The van der Waals surface area contributed by atoms with Gasteiger partial charge in [0.1, 0.15) is 5.75 Å². The highest BCUT2D eigenvalue weighted by Crippen LogP contribution is 2.16. The van der Waals surface area contributed by atoms with Gasteiger partial charge >= 0.3 is 0 Å². The van der Waals surface area contributed by atoms with Gasteiger partial charge in [0, 0.05) is 0 Å². The smallest absolute Gasteiger partial charge is 0.241 e. The van der Waals surface area contributed by atoms with Crippen molar-refractivity contribution in [2.75, 3.05) is 19.1 Å². The van der Waals surface area contributed by atoms with Gasteiger partial charge in [-0.1, -0.05) is 0 Å². The molecule has 1 atom stereocenters. The van der Waals surface area contributed by atoms with Crippen LogP contribution in [0.4, 0.5) is 0 Å². The van der Waals surface area contributed by atoms with Crippen molar-refractivity contribution in [3.8, 4) is 5.75 Å². The first-order valence-electron chi connectivity index (χ1n) is 5.77. The van der Waals surface area contributed by atoms with E-state index in [9.17, 15) is 18.3 Å². The highest BCUT2D eigenvalue weighted by atomic mass is 32.2. The van der Waals surface area contributed by atoms with Crippen molar-refractivity contribution < 1.29 is 23.1 Å². The minimum atomic E-state index is -3.90. The third-order valence-corrected chi connectivity index (χ3v) is 4.69. The fraction of sp³-hybridized carbons (Fsp3) is 0.417. The van der Waals surface area contributed by atoms with Gasteiger partial charge in [0.2, 0.25) is 10.0 Å². The maximum absolute atomic E-state index is 12.1. The van der Waals surface area contributed by atoms with Gasteiger partial charge in [0.25, 0.3) is 0 Å². The van der Waals surface area contributed by atoms with E-state index in [2.05, 4.69) is 4.72 Å². The lowest BCUT2D eigenvalue weighted by molar-refractivity contribution is -0.308. The molecule has 0 unspecified atom stereocenters. The normalized spacial score (nSPS) is 12.9. The molecule has 0 aliphatic carbocycles. The summed E-state index contributed by atoms with van der Waals surface area (Å²) in [5.41, 5.74) is 0. The van der Waals surface area contributed by atoms with Gasteiger partial charge in [-0.25, -0.2) is 13.1 Å². The first-order valence-corrected chi connectivity index (χ1v) is 8.64. The van der Waals surface area contributed by atoms with Crippen LogP contribution in [0.1, 0.15) is 6.42 Å². The van der Waals surface area contributed by atoms with Gasteiger partial charge in [0.05, 0.1) is 24.0 Å². The number of carboxylic acids is 1. The summed E-state index contributed by atoms with van der Waals surface area (Å²) in [6, 6.07) is 4.44. The predicted octanol–water partition coefficient (Wildman–Crippen LogP) is -0.155. The zero-order chi connectivity index (χ0) is 15.2. The number of carboxylic acid groups (broad SMARTS) is 1. The summed E-state index contributed by atoms with van der Waals surface area (Å²) in [4.78, 5) is 10.9. The topological polar surface area (TPSA) is 95.5 Å². The molecule has 6 nitrogen and oxygen atoms in total. The number of hydrogen-bond donors (Lipinski definition) is 1. The summed E-state index contributed by atoms with van der Waals surface area (Å²) < 4.78 is 31.2. The maximum Gasteiger partial charge on any atom is 0.241 e. The van der Waals surface area contributed by atoms with E-state index in [4.69, 9.17) is 4.74 Å². The molecule has 0 heterocycles. The molecule has 0 aliphatic heterocycles. The van der Waals surface area contributed by atoms with Crippen LogP contribution in [0.2, 0.25) is 0 Å². The average molecular weight is 318 g/mol. The maximum atomic E-state index is 12.1. The number of nitrogens with one attached hydrogen (secondary N) is 1. The van der Waals surface area contributed by atoms with Gasteiger partial charge < -0.3 is 14.6 Å². The van der Waals surface area contributed by atoms with E-state index in [1.807, 2.05) is 6.26 Å². The van der Waals surface area contributed by atoms with E-state index in [1.165, 1.54) is 43.1 Å². The SMILES string of the molecule is COc1ccc(S(=O)(=O)N[C@@H](CCSC)C(=O)[O-])cc1. The lowest BCUT2D eigenvalue weighted by Gasteiger charge is -2.19. The van der Waals surface area contributed by atoms with E-state index in [1.54, 1.807) is 0 Å². The van der Waals surface area contributed by atoms with Crippen molar-refractivity contribution in [2.45, 2.75) is 17.4 Å². The van der Waals surface area contributed by atoms with Crippen molar-refractivity contribution in [1.29, 1.82) is 0 Å². The third-order valence-electron chi connectivity index (χ3n) is 2.56. The first-order chi connectivity index (χ1) is 9.40. The van der Waals surface area contributed by atoms with E-state index >= 15 is 0 Å². The van der Waals surface area contributed by atoms with Crippen LogP contribution in [0.3, 0.4) is 0 Å². The van der Waals surface area contributed by atoms with Gasteiger partial charge in [-0.2, -0.15) is 11.8 Å². The number of carbonyl (C=O) groups excluding carboxylic acids is 1. The van der Waals surface area contributed by atoms with Gasteiger partial charge in [-0.3, -0.25) is 0 Å². The zero-order valence-corrected chi connectivity index (χ0v) is 12.8. The Kier molecular flexibility index (Phi) is 6.31. The molecule has 0 amide bonds. The van der Waals surface area contributed by atoms with Gasteiger partial charge in [-0.05, 0) is 42.7 Å². The molecule has 0 saturated carbocycles. The van der Waals surface area contributed by atoms with Crippen LogP contribution in [-0.4, -0.2) is 39.5 Å². The van der Waals surface area contributed by atoms with Crippen LogP contribution in [0.5, 0.6) is 5.75 Å². The number of thioether (sulfide) groups is 1. The Balaban J connectivity index is 2.88. The Bertz CT molecular complexity index is 541. The molecule has 20 heavy (non-hydrogen) atoms. The van der Waals surface area contributed by atoms with Crippen LogP contribution in [-0.2, 0) is 14.8 Å². The number of benzene rings is 1. The van der Waals surface area contributed by atoms with Crippen molar-refractivity contribution in [3.63, 3.8) is 0 Å². The fourth-order valence-electron chi connectivity index (χ4n) is 1.47. The minimum absolute atomic E-state index is 0.0197. The molecule has 8 heteroatoms. The molecule has 1 aromatic rings. The number of aliphatic carboxylic acids is 1. The van der Waals surface area contributed by atoms with E-state index in [0.29, 0.717) is 11.5 Å². The number of methoxy groups -OCH3 is 1. The Morgan fingerprint density at radius 1 is 1.40 bits per heavy atom. The fourth-order valence-corrected chi connectivity index (χ4v) is 3.16. The molecule has 0 radical (unpaired) electrons. The molecule has 1 N–H and O–H groups in total. The number of sulfonamides is 1. The van der Waals surface area contributed by atoms with Crippen LogP contribution < -0.4 is 14.6 Å². The van der Waals surface area contributed by atoms with Crippen LogP contribution in [0.25, 0.3) is 0 Å². The standard InChI is InChI=1S/C12H17NO5S2/c1-18-9-3-5-10(6-4-9)20(16,17)13-11(12(14)15)7-8-19-2/h3-6,11,13H,7-8H2,1-2H3,(H,14,15)/p-1/t11-/m0/s1. The molecule has 112 valence electrons. The monoisotopic (exact) mass is 318 g/mol. The second-order valence-corrected chi connectivity index (χ2v) is 6.65. The van der Waals surface area contributed by atoms with Crippen molar-refractivity contribution in [3.05, 3.63) is 24.3 Å². The molecule has 0 bridgehead atoms. The Morgan fingerprint density at radius 3 is 2.45 bits per heavy atom. The van der Waals surface area contributed by atoms with Gasteiger partial charge in [-0.15, -0.1) is 0 Å². The molecule has 0 aromatic heterocycles. The van der Waals surface area contributed by atoms with Gasteiger partial charge in [0.15, 0.2) is 0 Å². The highest BCUT2D eigenvalue weighted by molar-refractivity contribution is 7.98. The predicted molar refractivity (Wildman–Crippen MR) is 75.1 cm³/mol. The van der Waals surface area contributed by atoms with E-state index in [-0.39, 0.29) is 11.3 Å². The molecule has 0 fully saturated rings. The summed E-state index contributed by atoms with van der Waals surface area (Å²) in [7, 11) is -2.43. The summed E-state index contributed by atoms with van der Waals surface area (Å²) in [5.74, 6) is -0.400. The van der Waals surface area contributed by atoms with Crippen LogP contribution >= 0.6 is 11.8 Å². The molecular formula is C12H16NO5S2-. The third kappa shape index (κ3) is 4.69. The molecular weight excluding hydrogens is 302 g/mol. The quantitative estimate of drug-likeness (QED) is 0.716. The summed E-state index contributed by atoms with van der Waals surface area (Å²) in [6.07, 6.45) is 1.98. The zero-order valence-electron chi connectivity index (χ0n) is 11.2. The van der Waals surface area contributed by atoms with Crippen molar-refractivity contribution in [1.82, 2.24) is 4.72 Å². The van der Waals surface area contributed by atoms with Crippen LogP contribution in [0, 0.1) is 0 Å². The summed E-state index contributed by atoms with van der Waals surface area (Å²) >= 11 is 1.43. The summed E-state index contributed by atoms with van der Waals surface area (Å²) in [5, 5.41) is 10.9. The number of hydrogen-bond acceptors (Lipinski definition) is 6. The lowest BCUT2D eigenvalue weighted by Crippen LogP contribution is -2.48. The van der Waals surface area contributed by atoms with Crippen molar-refractivity contribution >= 4 is 27.8 Å². The second kappa shape index (κ2) is 7.51. The lowest BCUT2D eigenvalue weighted by atomic mass is 10.2. The molecule has 1 aromatic carbocycles. The number of rotatable bonds is 8. The Morgan fingerprint density at radius 2 is 2.00 bits per heavy atom. The number of carbonyl (C=O) groups is 1. The Labute approximate surface area is 122 Å². The van der Waals surface area contributed by atoms with Crippen molar-refractivity contribution in [2.24, 2.45) is 0 Å². The second-order valence-electron chi connectivity index (χ2n) is 3.95. The highest BCUT2D eigenvalue weighted by Gasteiger charge is 2.20. The van der Waals surface area contributed by atoms with E-state index < -0.39 is 22.0 Å². The first kappa shape index (κ1) is 16.8. The number of ether oxygens (including phenoxy) is 1. The summed E-state index contributed by atoms with van der Waals surface area (Å²) in [6.45, 7) is 0.